The first-order chi connectivity index (χ1) is 6.51. The average molecular weight is 210 g/mol. The summed E-state index contributed by atoms with van der Waals surface area (Å²) in [4.78, 5) is 0. The van der Waals surface area contributed by atoms with E-state index in [9.17, 15) is 13.2 Å². The second-order valence-electron chi connectivity index (χ2n) is 4.04. The maximum atomic E-state index is 11.9. The van der Waals surface area contributed by atoms with Gasteiger partial charge in [-0.05, 0) is 25.2 Å². The molecule has 0 bridgehead atoms. The molecule has 0 aromatic heterocycles. The maximum Gasteiger partial charge on any atom is 0.389 e. The minimum atomic E-state index is -4.06. The first-order valence-corrected chi connectivity index (χ1v) is 5.04. The van der Waals surface area contributed by atoms with Crippen molar-refractivity contribution in [3.8, 4) is 0 Å². The third-order valence-electron chi connectivity index (χ3n) is 2.63. The molecule has 1 unspecified atom stereocenters. The van der Waals surface area contributed by atoms with Crippen molar-refractivity contribution in [1.82, 2.24) is 5.43 Å². The zero-order valence-corrected chi connectivity index (χ0v) is 8.11. The summed E-state index contributed by atoms with van der Waals surface area (Å²) < 4.78 is 35.7. The number of rotatable bonds is 6. The van der Waals surface area contributed by atoms with E-state index in [0.29, 0.717) is 0 Å². The van der Waals surface area contributed by atoms with E-state index in [4.69, 9.17) is 5.84 Å². The average Bonchev–Trinajstić information content (AvgIpc) is 2.86. The van der Waals surface area contributed by atoms with E-state index in [1.165, 1.54) is 12.8 Å². The molecule has 0 aliphatic heterocycles. The molecule has 1 atom stereocenters. The summed E-state index contributed by atoms with van der Waals surface area (Å²) in [5.74, 6) is 5.94. The molecule has 1 fully saturated rings. The highest BCUT2D eigenvalue weighted by Crippen LogP contribution is 2.34. The normalized spacial score (nSPS) is 19.7. The molecule has 0 spiro atoms. The number of halogens is 3. The summed E-state index contributed by atoms with van der Waals surface area (Å²) in [5.41, 5.74) is 2.46. The highest BCUT2D eigenvalue weighted by atomic mass is 19.4. The summed E-state index contributed by atoms with van der Waals surface area (Å²) in [6.07, 6.45) is -0.481. The predicted molar refractivity (Wildman–Crippen MR) is 48.4 cm³/mol. The van der Waals surface area contributed by atoms with E-state index in [0.717, 1.165) is 18.8 Å². The molecule has 1 aliphatic carbocycles. The van der Waals surface area contributed by atoms with Crippen molar-refractivity contribution in [1.29, 1.82) is 0 Å². The molecule has 2 nitrogen and oxygen atoms in total. The third-order valence-corrected chi connectivity index (χ3v) is 2.63. The van der Waals surface area contributed by atoms with Crippen LogP contribution in [0, 0.1) is 5.92 Å². The zero-order valence-electron chi connectivity index (χ0n) is 8.11. The van der Waals surface area contributed by atoms with Crippen molar-refractivity contribution in [2.75, 3.05) is 0 Å². The van der Waals surface area contributed by atoms with E-state index >= 15 is 0 Å². The van der Waals surface area contributed by atoms with Gasteiger partial charge < -0.3 is 0 Å². The molecule has 5 heteroatoms. The fourth-order valence-electron chi connectivity index (χ4n) is 1.49. The van der Waals surface area contributed by atoms with Crippen molar-refractivity contribution in [2.45, 2.75) is 50.7 Å². The highest BCUT2D eigenvalue weighted by molar-refractivity contribution is 4.76. The lowest BCUT2D eigenvalue weighted by Crippen LogP contribution is -2.36. The topological polar surface area (TPSA) is 38.0 Å². The summed E-state index contributed by atoms with van der Waals surface area (Å²) in [6, 6.07) is -0.183. The zero-order chi connectivity index (χ0) is 10.6. The third kappa shape index (κ3) is 5.44. The van der Waals surface area contributed by atoms with Crippen LogP contribution in [0.4, 0.5) is 13.2 Å². The van der Waals surface area contributed by atoms with E-state index in [1.54, 1.807) is 0 Å². The fourth-order valence-corrected chi connectivity index (χ4v) is 1.49. The van der Waals surface area contributed by atoms with Crippen molar-refractivity contribution >= 4 is 0 Å². The Labute approximate surface area is 82.0 Å². The van der Waals surface area contributed by atoms with Crippen LogP contribution in [-0.4, -0.2) is 12.2 Å². The number of hydrazine groups is 1. The lowest BCUT2D eigenvalue weighted by molar-refractivity contribution is -0.136. The SMILES string of the molecule is NNC(CCC1CC1)CCC(F)(F)F. The Morgan fingerprint density at radius 1 is 1.29 bits per heavy atom. The number of hydrogen-bond acceptors (Lipinski definition) is 2. The minimum absolute atomic E-state index is 0.0900. The summed E-state index contributed by atoms with van der Waals surface area (Å²) in [7, 11) is 0. The summed E-state index contributed by atoms with van der Waals surface area (Å²) in [5, 5.41) is 0. The van der Waals surface area contributed by atoms with Crippen LogP contribution in [0.5, 0.6) is 0 Å². The van der Waals surface area contributed by atoms with Crippen molar-refractivity contribution in [3.63, 3.8) is 0 Å². The van der Waals surface area contributed by atoms with Gasteiger partial charge in [0.15, 0.2) is 0 Å². The Morgan fingerprint density at radius 2 is 1.93 bits per heavy atom. The van der Waals surface area contributed by atoms with Gasteiger partial charge in [0.1, 0.15) is 0 Å². The molecule has 0 aromatic carbocycles. The molecular formula is C9H17F3N2. The Bertz CT molecular complexity index is 166. The molecule has 1 rings (SSSR count). The van der Waals surface area contributed by atoms with Crippen LogP contribution in [0.1, 0.15) is 38.5 Å². The Hall–Kier alpha value is -0.290. The van der Waals surface area contributed by atoms with Gasteiger partial charge in [-0.25, -0.2) is 0 Å². The van der Waals surface area contributed by atoms with Gasteiger partial charge in [0.05, 0.1) is 0 Å². The molecule has 0 amide bonds. The second-order valence-corrected chi connectivity index (χ2v) is 4.04. The Morgan fingerprint density at radius 3 is 2.36 bits per heavy atom. The molecular weight excluding hydrogens is 193 g/mol. The van der Waals surface area contributed by atoms with Gasteiger partial charge in [0, 0.05) is 12.5 Å². The highest BCUT2D eigenvalue weighted by Gasteiger charge is 2.29. The molecule has 1 saturated carbocycles. The quantitative estimate of drug-likeness (QED) is 0.521. The van der Waals surface area contributed by atoms with E-state index in [1.807, 2.05) is 0 Å². The molecule has 84 valence electrons. The van der Waals surface area contributed by atoms with Crippen LogP contribution in [0.15, 0.2) is 0 Å². The van der Waals surface area contributed by atoms with Crippen molar-refractivity contribution in [2.24, 2.45) is 11.8 Å². The van der Waals surface area contributed by atoms with E-state index in [-0.39, 0.29) is 12.5 Å². The molecule has 0 aromatic rings. The molecule has 14 heavy (non-hydrogen) atoms. The van der Waals surface area contributed by atoms with E-state index < -0.39 is 12.6 Å². The summed E-state index contributed by atoms with van der Waals surface area (Å²) in [6.45, 7) is 0. The van der Waals surface area contributed by atoms with Crippen LogP contribution in [-0.2, 0) is 0 Å². The van der Waals surface area contributed by atoms with Crippen molar-refractivity contribution in [3.05, 3.63) is 0 Å². The number of alkyl halides is 3. The minimum Gasteiger partial charge on any atom is -0.271 e. The first kappa shape index (κ1) is 11.8. The summed E-state index contributed by atoms with van der Waals surface area (Å²) >= 11 is 0. The smallest absolute Gasteiger partial charge is 0.271 e. The van der Waals surface area contributed by atoms with Gasteiger partial charge >= 0.3 is 6.18 Å². The molecule has 1 aliphatic rings. The van der Waals surface area contributed by atoms with Crippen LogP contribution >= 0.6 is 0 Å². The van der Waals surface area contributed by atoms with Gasteiger partial charge in [-0.15, -0.1) is 0 Å². The largest absolute Gasteiger partial charge is 0.389 e. The van der Waals surface area contributed by atoms with Crippen molar-refractivity contribution < 1.29 is 13.2 Å². The van der Waals surface area contributed by atoms with Gasteiger partial charge in [-0.1, -0.05) is 12.8 Å². The van der Waals surface area contributed by atoms with E-state index in [2.05, 4.69) is 5.43 Å². The van der Waals surface area contributed by atoms with Crippen LogP contribution < -0.4 is 11.3 Å². The lowest BCUT2D eigenvalue weighted by atomic mass is 10.0. The van der Waals surface area contributed by atoms with Gasteiger partial charge in [-0.2, -0.15) is 13.2 Å². The second kappa shape index (κ2) is 4.98. The standard InChI is InChI=1S/C9H17F3N2/c10-9(11,12)6-5-8(14-13)4-3-7-1-2-7/h7-8,14H,1-6,13H2. The Balaban J connectivity index is 2.10. The number of nitrogens with one attached hydrogen (secondary N) is 1. The van der Waals surface area contributed by atoms with Crippen LogP contribution in [0.3, 0.4) is 0 Å². The van der Waals surface area contributed by atoms with Gasteiger partial charge in [0.2, 0.25) is 0 Å². The number of nitrogens with two attached hydrogens (primary N) is 1. The molecule has 0 heterocycles. The van der Waals surface area contributed by atoms with Crippen LogP contribution in [0.25, 0.3) is 0 Å². The fraction of sp³-hybridized carbons (Fsp3) is 1.00. The molecule has 0 saturated heterocycles. The monoisotopic (exact) mass is 210 g/mol. The van der Waals surface area contributed by atoms with Gasteiger partial charge in [0.25, 0.3) is 0 Å². The van der Waals surface area contributed by atoms with Crippen LogP contribution in [0.2, 0.25) is 0 Å². The first-order valence-electron chi connectivity index (χ1n) is 5.04. The maximum absolute atomic E-state index is 11.9. The lowest BCUT2D eigenvalue weighted by Gasteiger charge is -2.16. The Kier molecular flexibility index (Phi) is 4.19. The predicted octanol–water partition coefficient (Wildman–Crippen LogP) is 2.35. The molecule has 0 radical (unpaired) electrons. The van der Waals surface area contributed by atoms with Gasteiger partial charge in [-0.3, -0.25) is 11.3 Å². The number of hydrogen-bond donors (Lipinski definition) is 2. The molecule has 3 N–H and O–H groups in total.